The third-order valence-corrected chi connectivity index (χ3v) is 4.13. The Labute approximate surface area is 135 Å². The molecule has 2 aromatic rings. The summed E-state index contributed by atoms with van der Waals surface area (Å²) >= 11 is 15.5. The lowest BCUT2D eigenvalue weighted by Gasteiger charge is -2.14. The molecule has 0 aromatic heterocycles. The van der Waals surface area contributed by atoms with Gasteiger partial charge in [-0.15, -0.1) is 11.6 Å². The topological polar surface area (TPSA) is 9.23 Å². The summed E-state index contributed by atoms with van der Waals surface area (Å²) in [6.45, 7) is 2.49. The van der Waals surface area contributed by atoms with E-state index < -0.39 is 11.2 Å². The Morgan fingerprint density at radius 3 is 2.60 bits per heavy atom. The van der Waals surface area contributed by atoms with E-state index in [9.17, 15) is 4.39 Å². The standard InChI is InChI=1S/C15H12BrCl2FO/c1-2-20-14-6-3-9(7-12(14)16)15(18)11-5-4-10(17)8-13(11)19/h3-8,15H,2H2,1H3. The van der Waals surface area contributed by atoms with Crippen molar-refractivity contribution in [1.82, 2.24) is 0 Å². The van der Waals surface area contributed by atoms with Crippen molar-refractivity contribution in [2.24, 2.45) is 0 Å². The van der Waals surface area contributed by atoms with Crippen LogP contribution in [-0.2, 0) is 0 Å². The zero-order valence-electron chi connectivity index (χ0n) is 10.7. The summed E-state index contributed by atoms with van der Waals surface area (Å²) < 4.78 is 20.1. The van der Waals surface area contributed by atoms with Crippen molar-refractivity contribution in [2.45, 2.75) is 12.3 Å². The second kappa shape index (κ2) is 6.79. The van der Waals surface area contributed by atoms with Crippen molar-refractivity contribution in [3.63, 3.8) is 0 Å². The van der Waals surface area contributed by atoms with Crippen LogP contribution in [0.4, 0.5) is 4.39 Å². The Kier molecular flexibility index (Phi) is 5.30. The monoisotopic (exact) mass is 376 g/mol. The molecular formula is C15H12BrCl2FO. The normalized spacial score (nSPS) is 12.2. The fourth-order valence-corrected chi connectivity index (χ4v) is 2.82. The lowest BCUT2D eigenvalue weighted by atomic mass is 10.0. The first-order valence-electron chi connectivity index (χ1n) is 6.04. The van der Waals surface area contributed by atoms with Crippen molar-refractivity contribution >= 4 is 39.1 Å². The molecule has 1 nitrogen and oxygen atoms in total. The van der Waals surface area contributed by atoms with Gasteiger partial charge in [-0.25, -0.2) is 4.39 Å². The van der Waals surface area contributed by atoms with Gasteiger partial charge in [0.2, 0.25) is 0 Å². The maximum Gasteiger partial charge on any atom is 0.133 e. The van der Waals surface area contributed by atoms with Crippen LogP contribution in [0.2, 0.25) is 5.02 Å². The van der Waals surface area contributed by atoms with Crippen molar-refractivity contribution in [2.75, 3.05) is 6.61 Å². The highest BCUT2D eigenvalue weighted by Crippen LogP contribution is 2.35. The molecule has 0 aliphatic carbocycles. The van der Waals surface area contributed by atoms with E-state index in [0.717, 1.165) is 15.8 Å². The van der Waals surface area contributed by atoms with Crippen molar-refractivity contribution < 1.29 is 9.13 Å². The zero-order chi connectivity index (χ0) is 14.7. The Balaban J connectivity index is 2.33. The van der Waals surface area contributed by atoms with E-state index in [2.05, 4.69) is 15.9 Å². The Hall–Kier alpha value is -0.770. The molecule has 0 spiro atoms. The molecule has 0 radical (unpaired) electrons. The third-order valence-electron chi connectivity index (χ3n) is 2.78. The molecule has 0 aliphatic rings. The molecule has 0 heterocycles. The fourth-order valence-electron chi connectivity index (χ4n) is 1.83. The van der Waals surface area contributed by atoms with Crippen molar-refractivity contribution in [3.05, 3.63) is 62.8 Å². The number of rotatable bonds is 4. The molecule has 20 heavy (non-hydrogen) atoms. The lowest BCUT2D eigenvalue weighted by Crippen LogP contribution is -1.98. The second-order valence-corrected chi connectivity index (χ2v) is 5.88. The van der Waals surface area contributed by atoms with E-state index in [-0.39, 0.29) is 0 Å². The van der Waals surface area contributed by atoms with Crippen LogP contribution in [0.1, 0.15) is 23.4 Å². The maximum atomic E-state index is 13.9. The van der Waals surface area contributed by atoms with Gasteiger partial charge < -0.3 is 4.74 Å². The molecular weight excluding hydrogens is 366 g/mol. The summed E-state index contributed by atoms with van der Waals surface area (Å²) in [6.07, 6.45) is 0. The molecule has 0 N–H and O–H groups in total. The van der Waals surface area contributed by atoms with E-state index in [4.69, 9.17) is 27.9 Å². The van der Waals surface area contributed by atoms with Crippen LogP contribution in [-0.4, -0.2) is 6.61 Å². The van der Waals surface area contributed by atoms with E-state index in [1.165, 1.54) is 6.07 Å². The Bertz CT molecular complexity index is 619. The maximum absolute atomic E-state index is 13.9. The minimum absolute atomic E-state index is 0.350. The molecule has 0 saturated heterocycles. The van der Waals surface area contributed by atoms with Crippen LogP contribution in [0.25, 0.3) is 0 Å². The van der Waals surface area contributed by atoms with Gasteiger partial charge >= 0.3 is 0 Å². The summed E-state index contributed by atoms with van der Waals surface area (Å²) in [5, 5.41) is -0.234. The molecule has 5 heteroatoms. The number of halogens is 4. The van der Waals surface area contributed by atoms with E-state index in [0.29, 0.717) is 17.2 Å². The average Bonchev–Trinajstić information content (AvgIpc) is 2.40. The summed E-state index contributed by atoms with van der Waals surface area (Å²) in [5.41, 5.74) is 1.18. The SMILES string of the molecule is CCOc1ccc(C(Cl)c2ccc(Cl)cc2F)cc1Br. The van der Waals surface area contributed by atoms with Gasteiger partial charge in [-0.1, -0.05) is 23.7 Å². The molecule has 1 atom stereocenters. The summed E-state index contributed by atoms with van der Waals surface area (Å²) in [7, 11) is 0. The van der Waals surface area contributed by atoms with Gasteiger partial charge in [0.05, 0.1) is 16.5 Å². The van der Waals surface area contributed by atoms with Crippen molar-refractivity contribution in [3.8, 4) is 5.75 Å². The van der Waals surface area contributed by atoms with Crippen LogP contribution in [0.3, 0.4) is 0 Å². The van der Waals surface area contributed by atoms with Gasteiger partial charge in [0, 0.05) is 10.6 Å². The molecule has 0 aliphatic heterocycles. The van der Waals surface area contributed by atoms with Crippen LogP contribution in [0, 0.1) is 5.82 Å². The first-order valence-corrected chi connectivity index (χ1v) is 7.65. The Morgan fingerprint density at radius 1 is 1.25 bits per heavy atom. The fraction of sp³-hybridized carbons (Fsp3) is 0.200. The molecule has 2 aromatic carbocycles. The molecule has 0 amide bonds. The smallest absolute Gasteiger partial charge is 0.133 e. The predicted molar refractivity (Wildman–Crippen MR) is 84.4 cm³/mol. The van der Waals surface area contributed by atoms with Gasteiger partial charge in [0.25, 0.3) is 0 Å². The van der Waals surface area contributed by atoms with Crippen LogP contribution < -0.4 is 4.74 Å². The molecule has 106 valence electrons. The van der Waals surface area contributed by atoms with Gasteiger partial charge in [-0.2, -0.15) is 0 Å². The minimum Gasteiger partial charge on any atom is -0.493 e. The molecule has 0 fully saturated rings. The van der Waals surface area contributed by atoms with E-state index >= 15 is 0 Å². The number of hydrogen-bond donors (Lipinski definition) is 0. The molecule has 0 bridgehead atoms. The van der Waals surface area contributed by atoms with Gasteiger partial charge in [-0.05, 0) is 52.7 Å². The second-order valence-electron chi connectivity index (χ2n) is 4.15. The van der Waals surface area contributed by atoms with Crippen LogP contribution in [0.15, 0.2) is 40.9 Å². The van der Waals surface area contributed by atoms with Gasteiger partial charge in [-0.3, -0.25) is 0 Å². The van der Waals surface area contributed by atoms with E-state index in [1.54, 1.807) is 12.1 Å². The highest BCUT2D eigenvalue weighted by molar-refractivity contribution is 9.10. The number of benzene rings is 2. The molecule has 1 unspecified atom stereocenters. The van der Waals surface area contributed by atoms with E-state index in [1.807, 2.05) is 25.1 Å². The molecule has 0 saturated carbocycles. The zero-order valence-corrected chi connectivity index (χ0v) is 13.8. The number of hydrogen-bond acceptors (Lipinski definition) is 1. The number of ether oxygens (including phenoxy) is 1. The highest BCUT2D eigenvalue weighted by Gasteiger charge is 2.16. The number of alkyl halides is 1. The third kappa shape index (κ3) is 3.46. The summed E-state index contributed by atoms with van der Waals surface area (Å²) in [4.78, 5) is 0. The largest absolute Gasteiger partial charge is 0.493 e. The minimum atomic E-state index is -0.584. The van der Waals surface area contributed by atoms with Crippen LogP contribution >= 0.6 is 39.1 Å². The lowest BCUT2D eigenvalue weighted by molar-refractivity contribution is 0.338. The first kappa shape index (κ1) is 15.6. The van der Waals surface area contributed by atoms with Gasteiger partial charge in [0.15, 0.2) is 0 Å². The Morgan fingerprint density at radius 2 is 2.00 bits per heavy atom. The van der Waals surface area contributed by atoms with Crippen molar-refractivity contribution in [1.29, 1.82) is 0 Å². The average molecular weight is 378 g/mol. The summed E-state index contributed by atoms with van der Waals surface area (Å²) in [5.74, 6) is 0.319. The summed E-state index contributed by atoms with van der Waals surface area (Å²) in [6, 6.07) is 9.94. The quantitative estimate of drug-likeness (QED) is 0.596. The predicted octanol–water partition coefficient (Wildman–Crippen LogP) is 5.97. The highest BCUT2D eigenvalue weighted by atomic mass is 79.9. The molecule has 2 rings (SSSR count). The van der Waals surface area contributed by atoms with Crippen LogP contribution in [0.5, 0.6) is 5.75 Å². The van der Waals surface area contributed by atoms with Gasteiger partial charge in [0.1, 0.15) is 11.6 Å². The first-order chi connectivity index (χ1) is 9.52.